The first-order chi connectivity index (χ1) is 7.61. The Bertz CT molecular complexity index is 292. The van der Waals surface area contributed by atoms with Crippen LogP contribution >= 0.6 is 0 Å². The Morgan fingerprint density at radius 1 is 1.50 bits per heavy atom. The molecule has 0 aromatic carbocycles. The van der Waals surface area contributed by atoms with E-state index in [0.717, 1.165) is 19.3 Å². The van der Waals surface area contributed by atoms with Crippen LogP contribution in [0.25, 0.3) is 0 Å². The Morgan fingerprint density at radius 2 is 2.25 bits per heavy atom. The summed E-state index contributed by atoms with van der Waals surface area (Å²) in [6, 6.07) is 0.106. The summed E-state index contributed by atoms with van der Waals surface area (Å²) in [4.78, 5) is 0. The molecule has 16 heavy (non-hydrogen) atoms. The molecule has 0 spiro atoms. The monoisotopic (exact) mass is 250 g/mol. The van der Waals surface area contributed by atoms with Crippen LogP contribution in [0.3, 0.4) is 0 Å². The first-order valence-electron chi connectivity index (χ1n) is 5.87. The Balaban J connectivity index is 2.55. The molecule has 5 nitrogen and oxygen atoms in total. The quantitative estimate of drug-likeness (QED) is 0.655. The van der Waals surface area contributed by atoms with Gasteiger partial charge < -0.3 is 10.4 Å². The maximum absolute atomic E-state index is 12.0. The minimum atomic E-state index is -3.11. The molecule has 1 unspecified atom stereocenters. The van der Waals surface area contributed by atoms with E-state index in [-0.39, 0.29) is 18.4 Å². The fourth-order valence-corrected chi connectivity index (χ4v) is 3.91. The third-order valence-electron chi connectivity index (χ3n) is 2.99. The van der Waals surface area contributed by atoms with E-state index >= 15 is 0 Å². The second kappa shape index (κ2) is 6.54. The summed E-state index contributed by atoms with van der Waals surface area (Å²) >= 11 is 0. The highest BCUT2D eigenvalue weighted by Crippen LogP contribution is 2.24. The zero-order chi connectivity index (χ0) is 12.0. The van der Waals surface area contributed by atoms with Crippen LogP contribution in [-0.4, -0.2) is 56.4 Å². The fourth-order valence-electron chi connectivity index (χ4n) is 2.14. The number of rotatable bonds is 7. The lowest BCUT2D eigenvalue weighted by Crippen LogP contribution is -2.39. The highest BCUT2D eigenvalue weighted by atomic mass is 32.2. The van der Waals surface area contributed by atoms with E-state index in [9.17, 15) is 8.42 Å². The van der Waals surface area contributed by atoms with Crippen molar-refractivity contribution < 1.29 is 13.5 Å². The topological polar surface area (TPSA) is 69.6 Å². The molecule has 1 rings (SSSR count). The number of hydrogen-bond acceptors (Lipinski definition) is 4. The van der Waals surface area contributed by atoms with Gasteiger partial charge in [-0.05, 0) is 32.7 Å². The molecular weight excluding hydrogens is 228 g/mol. The van der Waals surface area contributed by atoms with E-state index in [1.807, 2.05) is 0 Å². The lowest BCUT2D eigenvalue weighted by atomic mass is 10.1. The summed E-state index contributed by atoms with van der Waals surface area (Å²) < 4.78 is 25.6. The number of nitrogens with one attached hydrogen (secondary N) is 1. The zero-order valence-electron chi connectivity index (χ0n) is 9.85. The Morgan fingerprint density at radius 3 is 2.88 bits per heavy atom. The van der Waals surface area contributed by atoms with Crippen molar-refractivity contribution in [3.8, 4) is 0 Å². The number of aliphatic hydroxyl groups is 1. The second-order valence-electron chi connectivity index (χ2n) is 4.19. The Hall–Kier alpha value is -0.170. The molecule has 1 aliphatic rings. The number of hydrogen-bond donors (Lipinski definition) is 2. The van der Waals surface area contributed by atoms with E-state index in [2.05, 4.69) is 5.32 Å². The molecule has 1 fully saturated rings. The average Bonchev–Trinajstić information content (AvgIpc) is 2.72. The summed E-state index contributed by atoms with van der Waals surface area (Å²) in [5, 5.41) is 11.6. The summed E-state index contributed by atoms with van der Waals surface area (Å²) in [6.07, 6.45) is 3.33. The van der Waals surface area contributed by atoms with Crippen LogP contribution in [0.15, 0.2) is 0 Å². The van der Waals surface area contributed by atoms with Crippen LogP contribution in [0.1, 0.15) is 25.7 Å². The van der Waals surface area contributed by atoms with Gasteiger partial charge in [0.15, 0.2) is 0 Å². The standard InChI is InChI=1S/C10H22N2O3S/c1-11-6-9-16(14,15)12-7-2-4-10(12)5-3-8-13/h10-11,13H,2-9H2,1H3. The number of nitrogens with zero attached hydrogens (tertiary/aromatic N) is 1. The average molecular weight is 250 g/mol. The third-order valence-corrected chi connectivity index (χ3v) is 4.90. The van der Waals surface area contributed by atoms with Crippen LogP contribution in [0.5, 0.6) is 0 Å². The molecule has 0 radical (unpaired) electrons. The van der Waals surface area contributed by atoms with Crippen molar-refractivity contribution in [2.24, 2.45) is 0 Å². The molecule has 0 saturated carbocycles. The molecule has 1 atom stereocenters. The molecule has 96 valence electrons. The van der Waals surface area contributed by atoms with Crippen LogP contribution in [0, 0.1) is 0 Å². The van der Waals surface area contributed by atoms with Crippen molar-refractivity contribution in [1.29, 1.82) is 0 Å². The van der Waals surface area contributed by atoms with E-state index < -0.39 is 10.0 Å². The van der Waals surface area contributed by atoms with Crippen LogP contribution in [0.2, 0.25) is 0 Å². The van der Waals surface area contributed by atoms with Crippen molar-refractivity contribution in [1.82, 2.24) is 9.62 Å². The lowest BCUT2D eigenvalue weighted by molar-refractivity contribution is 0.264. The van der Waals surface area contributed by atoms with E-state index in [1.165, 1.54) is 0 Å². The third kappa shape index (κ3) is 3.69. The minimum absolute atomic E-state index is 0.106. The van der Waals surface area contributed by atoms with E-state index in [4.69, 9.17) is 5.11 Å². The normalized spacial score (nSPS) is 22.8. The highest BCUT2D eigenvalue weighted by Gasteiger charge is 2.32. The molecule has 0 amide bonds. The molecular formula is C10H22N2O3S. The van der Waals surface area contributed by atoms with Gasteiger partial charge in [-0.3, -0.25) is 0 Å². The maximum atomic E-state index is 12.0. The minimum Gasteiger partial charge on any atom is -0.396 e. The van der Waals surface area contributed by atoms with E-state index in [0.29, 0.717) is 19.5 Å². The van der Waals surface area contributed by atoms with Gasteiger partial charge in [-0.25, -0.2) is 8.42 Å². The maximum Gasteiger partial charge on any atom is 0.215 e. The van der Waals surface area contributed by atoms with Gasteiger partial charge in [0.05, 0.1) is 5.75 Å². The van der Waals surface area contributed by atoms with Crippen molar-refractivity contribution in [3.63, 3.8) is 0 Å². The van der Waals surface area contributed by atoms with Crippen LogP contribution in [-0.2, 0) is 10.0 Å². The molecule has 1 heterocycles. The SMILES string of the molecule is CNCCS(=O)(=O)N1CCCC1CCCO. The molecule has 0 aromatic heterocycles. The summed E-state index contributed by atoms with van der Waals surface area (Å²) in [7, 11) is -1.36. The summed E-state index contributed by atoms with van der Waals surface area (Å²) in [5.41, 5.74) is 0. The molecule has 1 saturated heterocycles. The van der Waals surface area contributed by atoms with Gasteiger partial charge >= 0.3 is 0 Å². The smallest absolute Gasteiger partial charge is 0.215 e. The fraction of sp³-hybridized carbons (Fsp3) is 1.00. The summed E-state index contributed by atoms with van der Waals surface area (Å²) in [6.45, 7) is 1.27. The molecule has 1 aliphatic heterocycles. The predicted octanol–water partition coefficient (Wildman–Crippen LogP) is -0.227. The molecule has 0 aliphatic carbocycles. The van der Waals surface area contributed by atoms with Crippen LogP contribution in [0.4, 0.5) is 0 Å². The number of sulfonamides is 1. The Kier molecular flexibility index (Phi) is 5.68. The first kappa shape index (κ1) is 13.9. The largest absolute Gasteiger partial charge is 0.396 e. The van der Waals surface area contributed by atoms with Gasteiger partial charge in [-0.1, -0.05) is 0 Å². The molecule has 2 N–H and O–H groups in total. The van der Waals surface area contributed by atoms with Gasteiger partial charge in [0, 0.05) is 25.7 Å². The first-order valence-corrected chi connectivity index (χ1v) is 7.47. The van der Waals surface area contributed by atoms with Gasteiger partial charge in [0.1, 0.15) is 0 Å². The predicted molar refractivity (Wildman–Crippen MR) is 63.8 cm³/mol. The van der Waals surface area contributed by atoms with Gasteiger partial charge in [-0.15, -0.1) is 0 Å². The van der Waals surface area contributed by atoms with E-state index in [1.54, 1.807) is 11.4 Å². The Labute approximate surface area is 97.9 Å². The van der Waals surface area contributed by atoms with Crippen molar-refractivity contribution in [3.05, 3.63) is 0 Å². The van der Waals surface area contributed by atoms with Crippen molar-refractivity contribution in [2.45, 2.75) is 31.7 Å². The lowest BCUT2D eigenvalue weighted by Gasteiger charge is -2.23. The van der Waals surface area contributed by atoms with Crippen LogP contribution < -0.4 is 5.32 Å². The zero-order valence-corrected chi connectivity index (χ0v) is 10.7. The van der Waals surface area contributed by atoms with Gasteiger partial charge in [0.2, 0.25) is 10.0 Å². The van der Waals surface area contributed by atoms with Gasteiger partial charge in [-0.2, -0.15) is 4.31 Å². The van der Waals surface area contributed by atoms with Crippen molar-refractivity contribution in [2.75, 3.05) is 32.5 Å². The molecule has 6 heteroatoms. The number of aliphatic hydroxyl groups excluding tert-OH is 1. The molecule has 0 bridgehead atoms. The van der Waals surface area contributed by atoms with Crippen molar-refractivity contribution >= 4 is 10.0 Å². The summed E-state index contributed by atoms with van der Waals surface area (Å²) in [5.74, 6) is 0.166. The second-order valence-corrected chi connectivity index (χ2v) is 6.23. The molecule has 0 aromatic rings. The highest BCUT2D eigenvalue weighted by molar-refractivity contribution is 7.89. The van der Waals surface area contributed by atoms with Gasteiger partial charge in [0.25, 0.3) is 0 Å².